The van der Waals surface area contributed by atoms with E-state index < -0.39 is 0 Å². The van der Waals surface area contributed by atoms with E-state index in [1.807, 2.05) is 48.7 Å². The number of hydrogen-bond donors (Lipinski definition) is 3. The van der Waals surface area contributed by atoms with Crippen molar-refractivity contribution in [1.29, 1.82) is 0 Å². The van der Waals surface area contributed by atoms with Crippen molar-refractivity contribution in [2.24, 2.45) is 0 Å². The number of nitrogens with two attached hydrogens (primary N) is 1. The number of fused-ring (bicyclic) bond motifs is 2. The fourth-order valence-electron chi connectivity index (χ4n) is 2.25. The van der Waals surface area contributed by atoms with Gasteiger partial charge < -0.3 is 16.0 Å². The predicted molar refractivity (Wildman–Crippen MR) is 95.8 cm³/mol. The van der Waals surface area contributed by atoms with E-state index in [9.17, 15) is 0 Å². The van der Waals surface area contributed by atoms with Gasteiger partial charge in [-0.2, -0.15) is 53.9 Å². The van der Waals surface area contributed by atoms with E-state index in [1.54, 1.807) is 7.05 Å². The molecule has 2 heterocycles. The molecule has 0 atom stereocenters. The van der Waals surface area contributed by atoms with Crippen LogP contribution in [0.5, 0.6) is 0 Å². The van der Waals surface area contributed by atoms with Gasteiger partial charge in [0.15, 0.2) is 0 Å². The Morgan fingerprint density at radius 2 is 2.04 bits per heavy atom. The molecule has 0 amide bonds. The second-order valence-corrected chi connectivity index (χ2v) is 5.02. The Labute approximate surface area is 157 Å². The van der Waals surface area contributed by atoms with E-state index in [0.717, 1.165) is 22.0 Å². The molecule has 0 aliphatic carbocycles. The average molecular weight is 503 g/mol. The van der Waals surface area contributed by atoms with Crippen LogP contribution in [0.3, 0.4) is 0 Å². The quantitative estimate of drug-likeness (QED) is 0.347. The summed E-state index contributed by atoms with van der Waals surface area (Å²) < 4.78 is 8.33. The van der Waals surface area contributed by atoms with E-state index >= 15 is 0 Å². The molecular formula is C18H17N5OW-2. The van der Waals surface area contributed by atoms with Crippen LogP contribution in [0.2, 0.25) is 0 Å². The molecule has 0 radical (unpaired) electrons. The maximum Gasteiger partial charge on any atom is -0.0116 e. The molecule has 25 heavy (non-hydrogen) atoms. The van der Waals surface area contributed by atoms with Crippen LogP contribution in [0.1, 0.15) is 5.56 Å². The van der Waals surface area contributed by atoms with Crippen LogP contribution in [0.25, 0.3) is 21.8 Å². The summed E-state index contributed by atoms with van der Waals surface area (Å²) in [6, 6.07) is 16.6. The molecule has 128 valence electrons. The van der Waals surface area contributed by atoms with Crippen LogP contribution in [-0.2, 0) is 23.2 Å². The molecule has 4 aromatic rings. The number of H-pyrrole nitrogens is 1. The first kappa shape index (κ1) is 18.6. The van der Waals surface area contributed by atoms with Crippen LogP contribution in [-0.4, -0.2) is 22.0 Å². The molecular weight excluding hydrogens is 486 g/mol. The van der Waals surface area contributed by atoms with Gasteiger partial charge in [0.1, 0.15) is 5.82 Å². The van der Waals surface area contributed by atoms with E-state index in [2.05, 4.69) is 33.3 Å². The number of anilines is 2. The largest absolute Gasteiger partial charge is 0.414 e. The molecule has 6 nitrogen and oxygen atoms in total. The van der Waals surface area contributed by atoms with Gasteiger partial charge in [-0.05, 0) is 11.6 Å². The van der Waals surface area contributed by atoms with Gasteiger partial charge in [0.05, 0.1) is 5.52 Å². The summed E-state index contributed by atoms with van der Waals surface area (Å²) in [7, 11) is 1.76. The van der Waals surface area contributed by atoms with Gasteiger partial charge in [-0.25, -0.2) is 4.98 Å². The number of aromatic amines is 1. The second kappa shape index (κ2) is 8.94. The maximum atomic E-state index is 8.33. The molecule has 0 spiro atoms. The zero-order valence-electron chi connectivity index (χ0n) is 13.6. The van der Waals surface area contributed by atoms with E-state index in [-0.39, 0.29) is 0 Å². The summed E-state index contributed by atoms with van der Waals surface area (Å²) in [6.07, 6.45) is 1.93. The molecule has 0 aliphatic rings. The van der Waals surface area contributed by atoms with Crippen molar-refractivity contribution in [2.75, 3.05) is 18.1 Å². The molecule has 0 aliphatic heterocycles. The topological polar surface area (TPSA) is 96.7 Å². The standard InChI is InChI=1S/C10H11N4.C8H6N.O.W/c1-6-3-4-8-7(5-6)9(11)14-10(12-2)13-8;1-2-4-8-7(3-1)5-6-9-8;;/h3-5H,1H2,2H3,(H3,11,12,13,14);1,3-6,9H;;/q2*-1;;. The number of rotatable bonds is 1. The van der Waals surface area contributed by atoms with Crippen LogP contribution in [0.15, 0.2) is 48.7 Å². The monoisotopic (exact) mass is 503 g/mol. The predicted octanol–water partition coefficient (Wildman–Crippen LogP) is 3.28. The average Bonchev–Trinajstić information content (AvgIpc) is 3.13. The Morgan fingerprint density at radius 1 is 1.24 bits per heavy atom. The minimum Gasteiger partial charge on any atom is -0.414 e. The van der Waals surface area contributed by atoms with Crippen LogP contribution in [0.4, 0.5) is 11.8 Å². The molecule has 0 saturated heterocycles. The number of nitrogen functional groups attached to an aromatic ring is 1. The van der Waals surface area contributed by atoms with Gasteiger partial charge in [-0.1, -0.05) is 17.6 Å². The Kier molecular flexibility index (Phi) is 6.66. The minimum atomic E-state index is 0.333. The SMILES string of the molecule is [CH2-]c1ccc2nc(NC)nc(N)c2c1.[O]=[W].[c-]1ccc2cc[nH]c2c1. The Morgan fingerprint density at radius 3 is 2.76 bits per heavy atom. The van der Waals surface area contributed by atoms with E-state index in [4.69, 9.17) is 9.13 Å². The molecule has 4 rings (SSSR count). The van der Waals surface area contributed by atoms with Crippen LogP contribution < -0.4 is 11.1 Å². The van der Waals surface area contributed by atoms with Crippen molar-refractivity contribution in [1.82, 2.24) is 15.0 Å². The number of nitrogens with one attached hydrogen (secondary N) is 2. The van der Waals surface area contributed by atoms with Gasteiger partial charge in [0.2, 0.25) is 5.95 Å². The van der Waals surface area contributed by atoms with Crippen LogP contribution >= 0.6 is 0 Å². The maximum absolute atomic E-state index is 8.33. The first-order chi connectivity index (χ1) is 12.2. The normalized spacial score (nSPS) is 9.64. The summed E-state index contributed by atoms with van der Waals surface area (Å²) in [5, 5.41) is 4.94. The third-order valence-electron chi connectivity index (χ3n) is 3.41. The Hall–Kier alpha value is -2.72. The van der Waals surface area contributed by atoms with Crippen LogP contribution in [0, 0.1) is 13.0 Å². The van der Waals surface area contributed by atoms with Gasteiger partial charge in [0, 0.05) is 7.05 Å². The number of aromatic nitrogens is 3. The van der Waals surface area contributed by atoms with Gasteiger partial charge in [0.25, 0.3) is 0 Å². The molecule has 4 N–H and O–H groups in total. The summed E-state index contributed by atoms with van der Waals surface area (Å²) in [6.45, 7) is 3.83. The Bertz CT molecular complexity index is 940. The molecule has 0 saturated carbocycles. The van der Waals surface area contributed by atoms with Crippen molar-refractivity contribution >= 4 is 33.6 Å². The van der Waals surface area contributed by atoms with Gasteiger partial charge >= 0.3 is 23.2 Å². The summed E-state index contributed by atoms with van der Waals surface area (Å²) in [5.41, 5.74) is 8.67. The number of nitrogens with zero attached hydrogens (tertiary/aromatic N) is 2. The fourth-order valence-corrected chi connectivity index (χ4v) is 2.25. The van der Waals surface area contributed by atoms with Crippen molar-refractivity contribution < 1.29 is 23.2 Å². The first-order valence-electron chi connectivity index (χ1n) is 7.34. The molecule has 0 unspecified atom stereocenters. The molecule has 0 fully saturated rings. The minimum absolute atomic E-state index is 0.333. The second-order valence-electron chi connectivity index (χ2n) is 5.02. The first-order valence-corrected chi connectivity index (χ1v) is 8.54. The van der Waals surface area contributed by atoms with Gasteiger partial charge in [-0.15, -0.1) is 5.39 Å². The van der Waals surface area contributed by atoms with Crippen molar-refractivity contribution in [3.05, 3.63) is 67.2 Å². The zero-order valence-corrected chi connectivity index (χ0v) is 16.5. The fraction of sp³-hybridized carbons (Fsp3) is 0.0556. The van der Waals surface area contributed by atoms with E-state index in [0.29, 0.717) is 31.5 Å². The molecule has 2 aromatic carbocycles. The summed E-state index contributed by atoms with van der Waals surface area (Å²) in [5.74, 6) is 1.01. The zero-order chi connectivity index (χ0) is 18.2. The third kappa shape index (κ3) is 4.64. The summed E-state index contributed by atoms with van der Waals surface area (Å²) in [4.78, 5) is 11.4. The molecule has 2 aromatic heterocycles. The number of benzene rings is 2. The van der Waals surface area contributed by atoms with Crippen molar-refractivity contribution in [3.63, 3.8) is 0 Å². The molecule has 7 heteroatoms. The number of hydrogen-bond acceptors (Lipinski definition) is 5. The van der Waals surface area contributed by atoms with Crippen molar-refractivity contribution in [2.45, 2.75) is 0 Å². The Balaban J connectivity index is 0.000000176. The van der Waals surface area contributed by atoms with E-state index in [1.165, 1.54) is 5.39 Å². The molecule has 0 bridgehead atoms. The summed E-state index contributed by atoms with van der Waals surface area (Å²) >= 11 is 0.333. The van der Waals surface area contributed by atoms with Gasteiger partial charge in [-0.3, -0.25) is 0 Å². The third-order valence-corrected chi connectivity index (χ3v) is 3.41. The smallest absolute Gasteiger partial charge is 0.0116 e. The van der Waals surface area contributed by atoms with Crippen molar-refractivity contribution in [3.8, 4) is 0 Å².